The fourth-order valence-electron chi connectivity index (χ4n) is 3.05. The molecule has 2 aromatic rings. The van der Waals surface area contributed by atoms with Gasteiger partial charge in [-0.05, 0) is 24.3 Å². The lowest BCUT2D eigenvalue weighted by Gasteiger charge is -2.42. The van der Waals surface area contributed by atoms with E-state index >= 15 is 0 Å². The third kappa shape index (κ3) is 2.14. The fraction of sp³-hybridized carbons (Fsp3) is 0.333. The van der Waals surface area contributed by atoms with E-state index in [1.807, 2.05) is 6.07 Å². The summed E-state index contributed by atoms with van der Waals surface area (Å²) in [6, 6.07) is 6.05. The smallest absolute Gasteiger partial charge is 0.172 e. The van der Waals surface area contributed by atoms with Crippen LogP contribution in [0.15, 0.2) is 24.3 Å². The van der Waals surface area contributed by atoms with E-state index < -0.39 is 5.82 Å². The lowest BCUT2D eigenvalue weighted by Crippen LogP contribution is -2.56. The summed E-state index contributed by atoms with van der Waals surface area (Å²) in [7, 11) is 0. The number of phenols is 1. The highest BCUT2D eigenvalue weighted by Gasteiger charge is 2.29. The quantitative estimate of drug-likeness (QED) is 0.735. The fourth-order valence-corrected chi connectivity index (χ4v) is 3.05. The second kappa shape index (κ2) is 5.10. The number of aromatic nitrogens is 2. The van der Waals surface area contributed by atoms with Gasteiger partial charge in [-0.1, -0.05) is 0 Å². The Balaban J connectivity index is 1.79. The maximum atomic E-state index is 13.5. The Morgan fingerprint density at radius 2 is 2.14 bits per heavy atom. The van der Waals surface area contributed by atoms with Gasteiger partial charge in [-0.2, -0.15) is 0 Å². The van der Waals surface area contributed by atoms with Gasteiger partial charge in [0.25, 0.3) is 0 Å². The molecule has 0 unspecified atom stereocenters. The van der Waals surface area contributed by atoms with Gasteiger partial charge in [0.05, 0.1) is 17.4 Å². The van der Waals surface area contributed by atoms with Crippen LogP contribution in [0.4, 0.5) is 15.9 Å². The van der Waals surface area contributed by atoms with E-state index in [2.05, 4.69) is 25.7 Å². The van der Waals surface area contributed by atoms with Crippen molar-refractivity contribution in [3.05, 3.63) is 30.1 Å². The number of hydrogen-bond acceptors (Lipinski definition) is 6. The summed E-state index contributed by atoms with van der Waals surface area (Å²) in [6.45, 7) is 3.53. The van der Waals surface area contributed by atoms with Gasteiger partial charge in [-0.15, -0.1) is 10.2 Å². The van der Waals surface area contributed by atoms with E-state index in [-0.39, 0.29) is 5.75 Å². The van der Waals surface area contributed by atoms with Gasteiger partial charge in [0, 0.05) is 31.7 Å². The Kier molecular flexibility index (Phi) is 3.07. The van der Waals surface area contributed by atoms with Crippen LogP contribution < -0.4 is 15.5 Å². The normalized spacial score (nSPS) is 20.0. The molecule has 1 aromatic carbocycles. The van der Waals surface area contributed by atoms with E-state index in [4.69, 9.17) is 0 Å². The number of rotatable bonds is 1. The van der Waals surface area contributed by atoms with Crippen molar-refractivity contribution in [2.75, 3.05) is 36.4 Å². The molecule has 3 N–H and O–H groups in total. The number of anilines is 2. The van der Waals surface area contributed by atoms with E-state index in [1.165, 1.54) is 18.2 Å². The highest BCUT2D eigenvalue weighted by Crippen LogP contribution is 2.35. The molecule has 1 fully saturated rings. The summed E-state index contributed by atoms with van der Waals surface area (Å²) in [5, 5.41) is 24.9. The van der Waals surface area contributed by atoms with Gasteiger partial charge in [0.2, 0.25) is 0 Å². The topological polar surface area (TPSA) is 73.3 Å². The molecule has 4 rings (SSSR count). The molecule has 1 aromatic heterocycles. The molecule has 114 valence electrons. The Bertz CT molecular complexity index is 723. The molecule has 0 radical (unpaired) electrons. The molecular weight excluding hydrogens is 285 g/mol. The Hall–Kier alpha value is -2.41. The van der Waals surface area contributed by atoms with Gasteiger partial charge in [0.15, 0.2) is 5.82 Å². The zero-order valence-corrected chi connectivity index (χ0v) is 11.9. The third-order valence-corrected chi connectivity index (χ3v) is 4.17. The first kappa shape index (κ1) is 13.3. The zero-order chi connectivity index (χ0) is 15.1. The molecular formula is C15H16FN5O. The number of nitrogens with one attached hydrogen (secondary N) is 2. The molecule has 7 heteroatoms. The Morgan fingerprint density at radius 3 is 3.05 bits per heavy atom. The molecule has 22 heavy (non-hydrogen) atoms. The number of benzene rings is 1. The van der Waals surface area contributed by atoms with Crippen molar-refractivity contribution >= 4 is 11.5 Å². The molecule has 0 saturated carbocycles. The van der Waals surface area contributed by atoms with Crippen LogP contribution in [0.1, 0.15) is 0 Å². The van der Waals surface area contributed by atoms with Crippen molar-refractivity contribution in [1.29, 1.82) is 0 Å². The minimum Gasteiger partial charge on any atom is -0.507 e. The number of hydrogen-bond donors (Lipinski definition) is 3. The largest absolute Gasteiger partial charge is 0.507 e. The number of nitrogens with zero attached hydrogens (tertiary/aromatic N) is 3. The van der Waals surface area contributed by atoms with Crippen LogP contribution in [0.25, 0.3) is 11.3 Å². The number of piperazine rings is 1. The minimum atomic E-state index is -0.412. The molecule has 2 aliphatic heterocycles. The second-order valence-corrected chi connectivity index (χ2v) is 5.56. The molecule has 1 saturated heterocycles. The highest BCUT2D eigenvalue weighted by molar-refractivity contribution is 5.76. The van der Waals surface area contributed by atoms with Gasteiger partial charge >= 0.3 is 0 Å². The van der Waals surface area contributed by atoms with Crippen molar-refractivity contribution in [1.82, 2.24) is 15.5 Å². The lowest BCUT2D eigenvalue weighted by molar-refractivity contribution is 0.474. The first-order valence-electron chi connectivity index (χ1n) is 7.30. The van der Waals surface area contributed by atoms with Gasteiger partial charge in [-0.25, -0.2) is 4.39 Å². The minimum absolute atomic E-state index is 0.00344. The van der Waals surface area contributed by atoms with E-state index in [0.29, 0.717) is 17.3 Å². The summed E-state index contributed by atoms with van der Waals surface area (Å²) in [5.41, 5.74) is 1.77. The van der Waals surface area contributed by atoms with Crippen LogP contribution in [0.5, 0.6) is 5.75 Å². The highest BCUT2D eigenvalue weighted by atomic mass is 19.1. The summed E-state index contributed by atoms with van der Waals surface area (Å²) in [4.78, 5) is 2.29. The molecule has 0 bridgehead atoms. The van der Waals surface area contributed by atoms with Crippen molar-refractivity contribution < 1.29 is 9.50 Å². The number of aromatic hydroxyl groups is 1. The van der Waals surface area contributed by atoms with Crippen LogP contribution in [-0.2, 0) is 0 Å². The molecule has 0 spiro atoms. The van der Waals surface area contributed by atoms with Crippen molar-refractivity contribution in [3.8, 4) is 17.0 Å². The van der Waals surface area contributed by atoms with Crippen LogP contribution in [0.2, 0.25) is 0 Å². The SMILES string of the molecule is Oc1ccc(F)cc1-c1cc2c(nn1)NC[C@H]1CNCCN21. The van der Waals surface area contributed by atoms with E-state index in [1.54, 1.807) is 0 Å². The van der Waals surface area contributed by atoms with Crippen LogP contribution in [0, 0.1) is 5.82 Å². The molecule has 6 nitrogen and oxygen atoms in total. The summed E-state index contributed by atoms with van der Waals surface area (Å²) in [5.74, 6) is 0.319. The van der Waals surface area contributed by atoms with Crippen molar-refractivity contribution in [2.45, 2.75) is 6.04 Å². The summed E-state index contributed by atoms with van der Waals surface area (Å²) in [6.07, 6.45) is 0. The van der Waals surface area contributed by atoms with Crippen molar-refractivity contribution in [3.63, 3.8) is 0 Å². The zero-order valence-electron chi connectivity index (χ0n) is 11.9. The average molecular weight is 301 g/mol. The second-order valence-electron chi connectivity index (χ2n) is 5.56. The molecule has 0 aliphatic carbocycles. The first-order chi connectivity index (χ1) is 10.7. The summed E-state index contributed by atoms with van der Waals surface area (Å²) >= 11 is 0. The van der Waals surface area contributed by atoms with Crippen LogP contribution in [0.3, 0.4) is 0 Å². The monoisotopic (exact) mass is 301 g/mol. The number of phenolic OH excluding ortho intramolecular Hbond substituents is 1. The molecule has 2 aliphatic rings. The Labute approximate surface area is 127 Å². The standard InChI is InChI=1S/C15H16FN5O/c16-9-1-2-14(22)11(5-9)12-6-13-15(20-19-12)18-8-10-7-17-3-4-21(10)13/h1-2,5-6,10,17,22H,3-4,7-8H2,(H,18,20)/t10-/m1/s1. The molecule has 1 atom stereocenters. The van der Waals surface area contributed by atoms with Crippen molar-refractivity contribution in [2.24, 2.45) is 0 Å². The third-order valence-electron chi connectivity index (χ3n) is 4.17. The molecule has 0 amide bonds. The maximum Gasteiger partial charge on any atom is 0.172 e. The van der Waals surface area contributed by atoms with E-state index in [0.717, 1.165) is 37.7 Å². The predicted octanol–water partition coefficient (Wildman–Crippen LogP) is 1.19. The van der Waals surface area contributed by atoms with Crippen LogP contribution >= 0.6 is 0 Å². The average Bonchev–Trinajstić information content (AvgIpc) is 2.56. The first-order valence-corrected chi connectivity index (χ1v) is 7.30. The number of fused-ring (bicyclic) bond motifs is 3. The van der Waals surface area contributed by atoms with E-state index in [9.17, 15) is 9.50 Å². The van der Waals surface area contributed by atoms with Gasteiger partial charge < -0.3 is 20.6 Å². The lowest BCUT2D eigenvalue weighted by atomic mass is 10.1. The van der Waals surface area contributed by atoms with Gasteiger partial charge in [-0.3, -0.25) is 0 Å². The van der Waals surface area contributed by atoms with Crippen LogP contribution in [-0.4, -0.2) is 47.5 Å². The maximum absolute atomic E-state index is 13.5. The number of halogens is 1. The van der Waals surface area contributed by atoms with Gasteiger partial charge in [0.1, 0.15) is 11.6 Å². The predicted molar refractivity (Wildman–Crippen MR) is 81.6 cm³/mol. The Morgan fingerprint density at radius 1 is 1.23 bits per heavy atom. The summed E-state index contributed by atoms with van der Waals surface area (Å²) < 4.78 is 13.5. The molecule has 3 heterocycles.